The van der Waals surface area contributed by atoms with Gasteiger partial charge >= 0.3 is 6.09 Å². The number of amides is 1. The van der Waals surface area contributed by atoms with Crippen LogP contribution in [-0.4, -0.2) is 14.5 Å². The molecule has 2 aliphatic rings. The lowest BCUT2D eigenvalue weighted by Gasteiger charge is -2.34. The predicted molar refractivity (Wildman–Crippen MR) is 84.0 cm³/mol. The molecule has 6 heteroatoms. The zero-order chi connectivity index (χ0) is 15.8. The highest BCUT2D eigenvalue weighted by atomic mass is 32.2. The summed E-state index contributed by atoms with van der Waals surface area (Å²) in [5, 5.41) is 1.47. The molecule has 3 aromatic carbocycles. The fourth-order valence-corrected chi connectivity index (χ4v) is 4.89. The molecule has 5 nitrogen and oxygen atoms in total. The minimum atomic E-state index is -3.68. The highest BCUT2D eigenvalue weighted by Gasteiger charge is 2.41. The summed E-state index contributed by atoms with van der Waals surface area (Å²) < 4.78 is 31.3. The number of carbonyl (C=O) groups is 1. The lowest BCUT2D eigenvalue weighted by Crippen LogP contribution is -2.36. The van der Waals surface area contributed by atoms with Crippen LogP contribution in [0.1, 0.15) is 0 Å². The number of rotatable bonds is 0. The second kappa shape index (κ2) is 3.91. The molecule has 112 valence electrons. The van der Waals surface area contributed by atoms with E-state index in [1.807, 2.05) is 6.07 Å². The standard InChI is InChI=1S/C17H9NO4S/c19-17-18-11-5-1-2-7-13(11)23(20,21)14-9-8-10-4-3-6-12(22-17)15(10)16(14)18/h1-9H. The van der Waals surface area contributed by atoms with Crippen molar-refractivity contribution in [2.45, 2.75) is 9.79 Å². The molecular formula is C17H9NO4S. The second-order valence-corrected chi connectivity index (χ2v) is 7.33. The first kappa shape index (κ1) is 12.7. The minimum absolute atomic E-state index is 0.114. The lowest BCUT2D eigenvalue weighted by atomic mass is 10.0. The van der Waals surface area contributed by atoms with Gasteiger partial charge in [-0.05, 0) is 29.7 Å². The number of hydrogen-bond donors (Lipinski definition) is 0. The lowest BCUT2D eigenvalue weighted by molar-refractivity contribution is 0.209. The molecule has 2 aliphatic heterocycles. The van der Waals surface area contributed by atoms with Crippen molar-refractivity contribution in [1.29, 1.82) is 0 Å². The molecule has 0 unspecified atom stereocenters. The van der Waals surface area contributed by atoms with Gasteiger partial charge in [-0.2, -0.15) is 0 Å². The molecule has 0 N–H and O–H groups in total. The van der Waals surface area contributed by atoms with Crippen molar-refractivity contribution < 1.29 is 17.9 Å². The Kier molecular flexibility index (Phi) is 2.15. The van der Waals surface area contributed by atoms with Crippen molar-refractivity contribution in [3.63, 3.8) is 0 Å². The molecule has 0 saturated carbocycles. The van der Waals surface area contributed by atoms with E-state index in [1.54, 1.807) is 42.5 Å². The average molecular weight is 323 g/mol. The number of fused-ring (bicyclic) bond motifs is 2. The minimum Gasteiger partial charge on any atom is -0.409 e. The number of benzene rings is 3. The number of carbonyl (C=O) groups excluding carboxylic acids is 1. The second-order valence-electron chi connectivity index (χ2n) is 5.44. The van der Waals surface area contributed by atoms with Crippen LogP contribution >= 0.6 is 0 Å². The number of ether oxygens (including phenoxy) is 1. The van der Waals surface area contributed by atoms with Crippen LogP contribution in [0.4, 0.5) is 16.2 Å². The van der Waals surface area contributed by atoms with Crippen molar-refractivity contribution in [2.75, 3.05) is 4.90 Å². The van der Waals surface area contributed by atoms with E-state index in [0.717, 1.165) is 5.39 Å². The van der Waals surface area contributed by atoms with Gasteiger partial charge in [0, 0.05) is 0 Å². The fourth-order valence-electron chi connectivity index (χ4n) is 3.27. The van der Waals surface area contributed by atoms with E-state index in [2.05, 4.69) is 0 Å². The first-order valence-electron chi connectivity index (χ1n) is 7.01. The van der Waals surface area contributed by atoms with Gasteiger partial charge in [0.25, 0.3) is 0 Å². The van der Waals surface area contributed by atoms with Gasteiger partial charge in [0.2, 0.25) is 9.84 Å². The molecule has 5 rings (SSSR count). The van der Waals surface area contributed by atoms with Gasteiger partial charge in [-0.1, -0.05) is 30.3 Å². The number of para-hydroxylation sites is 1. The largest absolute Gasteiger partial charge is 0.424 e. The van der Waals surface area contributed by atoms with Crippen molar-refractivity contribution >= 4 is 38.1 Å². The van der Waals surface area contributed by atoms with Gasteiger partial charge in [0.1, 0.15) is 5.75 Å². The number of hydrogen-bond acceptors (Lipinski definition) is 4. The highest BCUT2D eigenvalue weighted by molar-refractivity contribution is 7.92. The SMILES string of the molecule is O=C1Oc2cccc3ccc4c(c23)N1c1ccccc1S4(=O)=O. The van der Waals surface area contributed by atoms with Crippen LogP contribution in [0.15, 0.2) is 64.4 Å². The molecule has 23 heavy (non-hydrogen) atoms. The fraction of sp³-hybridized carbons (Fsp3) is 0. The summed E-state index contributed by atoms with van der Waals surface area (Å²) in [5.74, 6) is 0.384. The third kappa shape index (κ3) is 1.41. The molecule has 0 fully saturated rings. The Morgan fingerprint density at radius 3 is 2.57 bits per heavy atom. The van der Waals surface area contributed by atoms with Crippen molar-refractivity contribution in [3.05, 3.63) is 54.6 Å². The number of sulfone groups is 1. The molecule has 1 amide bonds. The van der Waals surface area contributed by atoms with Gasteiger partial charge in [-0.15, -0.1) is 0 Å². The monoisotopic (exact) mass is 323 g/mol. The Hall–Kier alpha value is -2.86. The Labute approximate surface area is 131 Å². The highest BCUT2D eigenvalue weighted by Crippen LogP contribution is 2.51. The molecular weight excluding hydrogens is 314 g/mol. The summed E-state index contributed by atoms with van der Waals surface area (Å²) in [4.78, 5) is 14.1. The van der Waals surface area contributed by atoms with E-state index in [1.165, 1.54) is 11.0 Å². The van der Waals surface area contributed by atoms with Gasteiger partial charge in [-0.25, -0.2) is 18.1 Å². The quantitative estimate of drug-likeness (QED) is 0.633. The van der Waals surface area contributed by atoms with Crippen LogP contribution in [-0.2, 0) is 9.84 Å². The van der Waals surface area contributed by atoms with Crippen LogP contribution in [0.3, 0.4) is 0 Å². The molecule has 0 atom stereocenters. The van der Waals surface area contributed by atoms with E-state index < -0.39 is 15.9 Å². The molecule has 0 saturated heterocycles. The Morgan fingerprint density at radius 1 is 0.870 bits per heavy atom. The first-order chi connectivity index (χ1) is 11.1. The van der Waals surface area contributed by atoms with Crippen molar-refractivity contribution in [2.24, 2.45) is 0 Å². The van der Waals surface area contributed by atoms with E-state index in [4.69, 9.17) is 4.74 Å². The number of nitrogens with zero attached hydrogens (tertiary/aromatic N) is 1. The molecule has 0 bridgehead atoms. The Balaban J connectivity index is 2.05. The van der Waals surface area contributed by atoms with Gasteiger partial charge in [-0.3, -0.25) is 0 Å². The summed E-state index contributed by atoms with van der Waals surface area (Å²) in [6, 6.07) is 15.1. The summed E-state index contributed by atoms with van der Waals surface area (Å²) in [6.07, 6.45) is -0.597. The van der Waals surface area contributed by atoms with Crippen LogP contribution in [0.5, 0.6) is 5.75 Å². The van der Waals surface area contributed by atoms with Crippen molar-refractivity contribution in [3.8, 4) is 5.75 Å². The zero-order valence-corrected chi connectivity index (χ0v) is 12.5. The summed E-state index contributed by atoms with van der Waals surface area (Å²) in [7, 11) is -3.68. The predicted octanol–water partition coefficient (Wildman–Crippen LogP) is 3.64. The normalized spacial score (nSPS) is 16.9. The molecule has 0 spiro atoms. The van der Waals surface area contributed by atoms with Gasteiger partial charge in [0.05, 0.1) is 26.6 Å². The maximum Gasteiger partial charge on any atom is 0.424 e. The maximum atomic E-state index is 12.9. The molecule has 0 aliphatic carbocycles. The molecule has 2 heterocycles. The molecule has 0 aromatic heterocycles. The van der Waals surface area contributed by atoms with Crippen LogP contribution in [0.25, 0.3) is 10.8 Å². The summed E-state index contributed by atoms with van der Waals surface area (Å²) in [5.41, 5.74) is 0.708. The number of anilines is 2. The molecule has 3 aromatic rings. The van der Waals surface area contributed by atoms with Crippen molar-refractivity contribution in [1.82, 2.24) is 0 Å². The van der Waals surface area contributed by atoms with E-state index in [9.17, 15) is 13.2 Å². The third-order valence-corrected chi connectivity index (χ3v) is 6.06. The van der Waals surface area contributed by atoms with Gasteiger partial charge in [0.15, 0.2) is 0 Å². The molecule has 0 radical (unpaired) electrons. The Morgan fingerprint density at radius 2 is 1.70 bits per heavy atom. The summed E-state index contributed by atoms with van der Waals surface area (Å²) >= 11 is 0. The summed E-state index contributed by atoms with van der Waals surface area (Å²) in [6.45, 7) is 0. The smallest absolute Gasteiger partial charge is 0.409 e. The van der Waals surface area contributed by atoms with E-state index in [0.29, 0.717) is 22.5 Å². The average Bonchev–Trinajstić information content (AvgIpc) is 2.54. The van der Waals surface area contributed by atoms with Crippen LogP contribution in [0, 0.1) is 0 Å². The maximum absolute atomic E-state index is 12.9. The van der Waals surface area contributed by atoms with E-state index in [-0.39, 0.29) is 9.79 Å². The van der Waals surface area contributed by atoms with E-state index >= 15 is 0 Å². The van der Waals surface area contributed by atoms with Crippen LogP contribution in [0.2, 0.25) is 0 Å². The van der Waals surface area contributed by atoms with Gasteiger partial charge < -0.3 is 4.74 Å². The third-order valence-electron chi connectivity index (χ3n) is 4.23. The first-order valence-corrected chi connectivity index (χ1v) is 8.49. The van der Waals surface area contributed by atoms with Crippen LogP contribution < -0.4 is 9.64 Å². The Bertz CT molecular complexity index is 1130. The zero-order valence-electron chi connectivity index (χ0n) is 11.7. The topological polar surface area (TPSA) is 63.7 Å².